The van der Waals surface area contributed by atoms with Crippen molar-refractivity contribution < 1.29 is 28.7 Å². The number of hydrogen-bond acceptors (Lipinski definition) is 4. The molecule has 0 saturated carbocycles. The van der Waals surface area contributed by atoms with Crippen LogP contribution in [0.15, 0.2) is 11.0 Å². The minimum atomic E-state index is -0.558. The van der Waals surface area contributed by atoms with Gasteiger partial charge in [0, 0.05) is 18.4 Å². The second kappa shape index (κ2) is 6.74. The van der Waals surface area contributed by atoms with Crippen LogP contribution in [0.1, 0.15) is 32.3 Å². The first kappa shape index (κ1) is 15.2. The number of aromatic nitrogens is 2. The van der Waals surface area contributed by atoms with E-state index in [-0.39, 0.29) is 31.5 Å². The summed E-state index contributed by atoms with van der Waals surface area (Å²) in [5, 5.41) is 11.3. The van der Waals surface area contributed by atoms with Crippen LogP contribution in [0.2, 0.25) is 0 Å². The molecule has 1 aromatic rings. The van der Waals surface area contributed by atoms with Crippen molar-refractivity contribution in [3.63, 3.8) is 0 Å². The molecule has 0 atom stereocenters. The van der Waals surface area contributed by atoms with Crippen LogP contribution in [-0.2, 0) is 11.5 Å². The number of hydrogen-bond donors (Lipinski definition) is 0. The van der Waals surface area contributed by atoms with Gasteiger partial charge in [0.2, 0.25) is 0 Å². The normalized spacial score (nSPS) is 10.2. The van der Waals surface area contributed by atoms with Crippen molar-refractivity contribution in [2.24, 2.45) is 0 Å². The molecule has 0 aliphatic carbocycles. The summed E-state index contributed by atoms with van der Waals surface area (Å²) in [5.41, 5.74) is 0.0945. The van der Waals surface area contributed by atoms with E-state index in [4.69, 9.17) is 4.74 Å². The van der Waals surface area contributed by atoms with Crippen LogP contribution < -0.4 is 29.5 Å². The van der Waals surface area contributed by atoms with Gasteiger partial charge >= 0.3 is 18.9 Å². The van der Waals surface area contributed by atoms with Crippen LogP contribution in [0, 0.1) is 0 Å². The third-order valence-electron chi connectivity index (χ3n) is 2.04. The Labute approximate surface area is 107 Å². The fraction of sp³-hybridized carbons (Fsp3) is 0.600. The Morgan fingerprint density at radius 1 is 1.56 bits per heavy atom. The van der Waals surface area contributed by atoms with E-state index in [2.05, 4.69) is 4.98 Å². The Balaban J connectivity index is 0.00000225. The summed E-state index contributed by atoms with van der Waals surface area (Å²) in [6.45, 7) is 6.26. The van der Waals surface area contributed by atoms with Crippen LogP contribution in [0.5, 0.6) is 6.01 Å². The molecule has 1 rings (SSSR count). The minimum absolute atomic E-state index is 0. The van der Waals surface area contributed by atoms with Crippen molar-refractivity contribution in [1.29, 1.82) is 0 Å². The topological polar surface area (TPSA) is 67.2 Å². The van der Waals surface area contributed by atoms with Gasteiger partial charge in [-0.1, -0.05) is 13.8 Å². The van der Waals surface area contributed by atoms with Gasteiger partial charge in [-0.15, -0.1) is 0 Å². The van der Waals surface area contributed by atoms with Crippen molar-refractivity contribution in [2.45, 2.75) is 33.4 Å². The first-order valence-corrected chi connectivity index (χ1v) is 4.92. The molecule has 0 aliphatic rings. The molecule has 84 valence electrons. The quantitative estimate of drug-likeness (QED) is 0.521. The van der Waals surface area contributed by atoms with Crippen molar-refractivity contribution in [3.05, 3.63) is 22.1 Å². The molecule has 0 aromatic carbocycles. The maximum Gasteiger partial charge on any atom is 1.00 e. The van der Waals surface area contributed by atoms with E-state index in [1.807, 2.05) is 20.8 Å². The zero-order valence-corrected chi connectivity index (χ0v) is 10.2. The maximum atomic E-state index is 11.3. The molecule has 16 heavy (non-hydrogen) atoms. The molecule has 0 radical (unpaired) electrons. The van der Waals surface area contributed by atoms with Crippen LogP contribution >= 0.6 is 0 Å². The monoisotopic (exact) mass is 218 g/mol. The van der Waals surface area contributed by atoms with E-state index in [0.717, 1.165) is 0 Å². The van der Waals surface area contributed by atoms with E-state index in [9.17, 15) is 9.90 Å². The molecule has 0 saturated heterocycles. The predicted octanol–water partition coefficient (Wildman–Crippen LogP) is -2.56. The molecule has 6 heteroatoms. The van der Waals surface area contributed by atoms with Gasteiger partial charge in [-0.25, -0.2) is 4.98 Å². The fourth-order valence-electron chi connectivity index (χ4n) is 1.17. The van der Waals surface area contributed by atoms with Gasteiger partial charge in [0.1, 0.15) is 6.73 Å². The Morgan fingerprint density at radius 2 is 2.19 bits per heavy atom. The molecule has 0 bridgehead atoms. The van der Waals surface area contributed by atoms with Crippen molar-refractivity contribution in [3.8, 4) is 6.01 Å². The van der Waals surface area contributed by atoms with Crippen molar-refractivity contribution >= 4 is 0 Å². The van der Waals surface area contributed by atoms with Crippen LogP contribution in [0.4, 0.5) is 0 Å². The summed E-state index contributed by atoms with van der Waals surface area (Å²) >= 11 is 0. The van der Waals surface area contributed by atoms with Gasteiger partial charge < -0.3 is 14.4 Å². The molecule has 0 unspecified atom stereocenters. The third-order valence-corrected chi connectivity index (χ3v) is 2.04. The van der Waals surface area contributed by atoms with Crippen molar-refractivity contribution in [2.75, 3.05) is 6.61 Å². The van der Waals surface area contributed by atoms with Gasteiger partial charge in [0.25, 0.3) is 5.56 Å². The third kappa shape index (κ3) is 3.67. The molecular formula is C10H15LiN2O3. The first-order valence-electron chi connectivity index (χ1n) is 4.92. The Kier molecular flexibility index (Phi) is 6.42. The number of rotatable bonds is 4. The van der Waals surface area contributed by atoms with E-state index in [1.54, 1.807) is 0 Å². The number of nitrogens with zero attached hydrogens (tertiary/aromatic N) is 2. The Bertz CT molecular complexity index is 390. The van der Waals surface area contributed by atoms with E-state index in [1.165, 1.54) is 10.8 Å². The Morgan fingerprint density at radius 3 is 2.69 bits per heavy atom. The SMILES string of the molecule is CCOCn1cc(C(C)C)c(=O)nc1[O-].[Li+]. The molecule has 0 amide bonds. The van der Waals surface area contributed by atoms with Gasteiger partial charge in [-0.3, -0.25) is 4.79 Å². The summed E-state index contributed by atoms with van der Waals surface area (Å²) in [6, 6.07) is -0.558. The van der Waals surface area contributed by atoms with Gasteiger partial charge in [-0.05, 0) is 12.8 Å². The smallest absolute Gasteiger partial charge is 0.846 e. The van der Waals surface area contributed by atoms with E-state index in [0.29, 0.717) is 12.2 Å². The largest absolute Gasteiger partial charge is 1.00 e. The van der Waals surface area contributed by atoms with Gasteiger partial charge in [-0.2, -0.15) is 0 Å². The summed E-state index contributed by atoms with van der Waals surface area (Å²) in [6.07, 6.45) is 1.53. The zero-order chi connectivity index (χ0) is 11.4. The zero-order valence-electron chi connectivity index (χ0n) is 10.2. The Hall–Kier alpha value is -0.763. The van der Waals surface area contributed by atoms with Crippen LogP contribution in [0.3, 0.4) is 0 Å². The van der Waals surface area contributed by atoms with Crippen LogP contribution in [0.25, 0.3) is 0 Å². The summed E-state index contributed by atoms with van der Waals surface area (Å²) in [5.74, 6) is 0.0541. The number of ether oxygens (including phenoxy) is 1. The first-order chi connectivity index (χ1) is 7.06. The molecule has 0 N–H and O–H groups in total. The molecule has 1 heterocycles. The van der Waals surface area contributed by atoms with Gasteiger partial charge in [0.15, 0.2) is 0 Å². The molecular weight excluding hydrogens is 203 g/mol. The molecule has 0 fully saturated rings. The fourth-order valence-corrected chi connectivity index (χ4v) is 1.17. The average Bonchev–Trinajstić information content (AvgIpc) is 2.16. The van der Waals surface area contributed by atoms with E-state index >= 15 is 0 Å². The van der Waals surface area contributed by atoms with Crippen LogP contribution in [-0.4, -0.2) is 16.2 Å². The minimum Gasteiger partial charge on any atom is -0.846 e. The average molecular weight is 218 g/mol. The maximum absolute atomic E-state index is 11.3. The summed E-state index contributed by atoms with van der Waals surface area (Å²) < 4.78 is 6.40. The summed E-state index contributed by atoms with van der Waals surface area (Å²) in [7, 11) is 0. The second-order valence-electron chi connectivity index (χ2n) is 3.53. The standard InChI is InChI=1S/C10H16N2O3.Li/c1-4-15-6-12-5-8(7(2)3)9(13)11-10(12)14;/h5,7H,4,6H2,1-3H3,(H,11,13,14);/q;+1/p-1. The van der Waals surface area contributed by atoms with E-state index < -0.39 is 11.6 Å². The van der Waals surface area contributed by atoms with Gasteiger partial charge in [0.05, 0.1) is 6.01 Å². The summed E-state index contributed by atoms with van der Waals surface area (Å²) in [4.78, 5) is 14.8. The molecule has 5 nitrogen and oxygen atoms in total. The second-order valence-corrected chi connectivity index (χ2v) is 3.53. The molecule has 1 aromatic heterocycles. The predicted molar refractivity (Wildman–Crippen MR) is 53.7 cm³/mol. The van der Waals surface area contributed by atoms with Crippen molar-refractivity contribution in [1.82, 2.24) is 9.55 Å². The molecule has 0 aliphatic heterocycles. The molecule has 0 spiro atoms.